The third-order valence-electron chi connectivity index (χ3n) is 3.02. The molecule has 134 valence electrons. The van der Waals surface area contributed by atoms with E-state index in [-0.39, 0.29) is 17.1 Å². The predicted octanol–water partition coefficient (Wildman–Crippen LogP) is 4.56. The maximum atomic E-state index is 14.1. The van der Waals surface area contributed by atoms with E-state index in [2.05, 4.69) is 5.32 Å². The molecule has 25 heavy (non-hydrogen) atoms. The Morgan fingerprint density at radius 2 is 1.76 bits per heavy atom. The molecule has 0 heterocycles. The molecule has 2 aromatic carbocycles. The molecule has 0 bridgehead atoms. The summed E-state index contributed by atoms with van der Waals surface area (Å²) >= 11 is 0. The van der Waals surface area contributed by atoms with E-state index in [1.807, 2.05) is 0 Å². The van der Waals surface area contributed by atoms with E-state index in [0.29, 0.717) is 11.5 Å². The summed E-state index contributed by atoms with van der Waals surface area (Å²) in [5, 5.41) is 2.35. The lowest BCUT2D eigenvalue weighted by atomic mass is 10.2. The predicted molar refractivity (Wildman–Crippen MR) is 93.7 cm³/mol. The van der Waals surface area contributed by atoms with E-state index in [4.69, 9.17) is 19.9 Å². The second-order valence-electron chi connectivity index (χ2n) is 6.25. The van der Waals surface area contributed by atoms with Crippen molar-refractivity contribution in [2.24, 2.45) is 0 Å². The van der Waals surface area contributed by atoms with Gasteiger partial charge in [-0.15, -0.1) is 0 Å². The molecule has 2 aromatic rings. The molecule has 7 heteroatoms. The van der Waals surface area contributed by atoms with Gasteiger partial charge in [-0.25, -0.2) is 9.18 Å². The highest BCUT2D eigenvalue weighted by Crippen LogP contribution is 2.36. The van der Waals surface area contributed by atoms with E-state index < -0.39 is 17.5 Å². The molecule has 0 atom stereocenters. The van der Waals surface area contributed by atoms with Crippen molar-refractivity contribution >= 4 is 17.5 Å². The first-order valence-corrected chi connectivity index (χ1v) is 7.59. The molecule has 6 nitrogen and oxygen atoms in total. The topological polar surface area (TPSA) is 82.8 Å². The molecule has 2 rings (SSSR count). The average Bonchev–Trinajstić information content (AvgIpc) is 2.50. The zero-order valence-electron chi connectivity index (χ0n) is 14.6. The second kappa shape index (κ2) is 7.29. The molecule has 0 aliphatic heterocycles. The summed E-state index contributed by atoms with van der Waals surface area (Å²) in [5.74, 6) is 0.382. The molecule has 0 aliphatic carbocycles. The Morgan fingerprint density at radius 3 is 2.36 bits per heavy atom. The fraction of sp³-hybridized carbons (Fsp3) is 0.278. The van der Waals surface area contributed by atoms with Gasteiger partial charge in [0.1, 0.15) is 11.4 Å². The summed E-state index contributed by atoms with van der Waals surface area (Å²) in [6.07, 6.45) is -0.778. The normalized spacial score (nSPS) is 10.9. The molecule has 0 radical (unpaired) electrons. The summed E-state index contributed by atoms with van der Waals surface area (Å²) in [6.45, 7) is 5.13. The summed E-state index contributed by atoms with van der Waals surface area (Å²) in [6, 6.07) is 9.31. The van der Waals surface area contributed by atoms with Crippen molar-refractivity contribution < 1.29 is 23.4 Å². The number of nitrogen functional groups attached to an aromatic ring is 1. The largest absolute Gasteiger partial charge is 0.493 e. The third kappa shape index (κ3) is 5.00. The summed E-state index contributed by atoms with van der Waals surface area (Å²) in [5.41, 5.74) is 5.09. The van der Waals surface area contributed by atoms with Crippen molar-refractivity contribution in [3.63, 3.8) is 0 Å². The number of amides is 1. The molecular formula is C18H21FN2O4. The number of para-hydroxylation sites is 2. The highest BCUT2D eigenvalue weighted by Gasteiger charge is 2.19. The van der Waals surface area contributed by atoms with Crippen molar-refractivity contribution in [1.82, 2.24) is 0 Å². The van der Waals surface area contributed by atoms with E-state index in [9.17, 15) is 9.18 Å². The first kappa shape index (κ1) is 18.4. The number of ether oxygens (including phenoxy) is 3. The minimum Gasteiger partial charge on any atom is -0.493 e. The Balaban J connectivity index is 2.27. The summed E-state index contributed by atoms with van der Waals surface area (Å²) in [7, 11) is 1.51. The Bertz CT molecular complexity index is 772. The number of benzene rings is 2. The van der Waals surface area contributed by atoms with Crippen molar-refractivity contribution in [1.29, 1.82) is 0 Å². The van der Waals surface area contributed by atoms with Gasteiger partial charge in [0.05, 0.1) is 18.5 Å². The summed E-state index contributed by atoms with van der Waals surface area (Å²) in [4.78, 5) is 11.8. The SMILES string of the molecule is COc1ccccc1Oc1cc(NC(=O)OC(C)(C)C)c(F)cc1N. The fourth-order valence-electron chi connectivity index (χ4n) is 1.99. The highest BCUT2D eigenvalue weighted by atomic mass is 19.1. The molecule has 0 aromatic heterocycles. The van der Waals surface area contributed by atoms with Crippen LogP contribution in [0.3, 0.4) is 0 Å². The van der Waals surface area contributed by atoms with Crippen molar-refractivity contribution in [2.75, 3.05) is 18.2 Å². The molecule has 1 amide bonds. The minimum atomic E-state index is -0.778. The van der Waals surface area contributed by atoms with Gasteiger partial charge >= 0.3 is 6.09 Å². The van der Waals surface area contributed by atoms with Crippen LogP contribution in [0, 0.1) is 5.82 Å². The quantitative estimate of drug-likeness (QED) is 0.792. The maximum absolute atomic E-state index is 14.1. The van der Waals surface area contributed by atoms with Crippen LogP contribution in [-0.4, -0.2) is 18.8 Å². The molecule has 3 N–H and O–H groups in total. The van der Waals surface area contributed by atoms with Gasteiger partial charge in [-0.3, -0.25) is 5.32 Å². The zero-order valence-corrected chi connectivity index (χ0v) is 14.6. The molecule has 0 unspecified atom stereocenters. The minimum absolute atomic E-state index is 0.0816. The number of methoxy groups -OCH3 is 1. The van der Waals surface area contributed by atoms with Crippen molar-refractivity contribution in [3.05, 3.63) is 42.2 Å². The van der Waals surface area contributed by atoms with E-state index in [1.54, 1.807) is 45.0 Å². The Hall–Kier alpha value is -2.96. The van der Waals surface area contributed by atoms with Crippen LogP contribution in [0.2, 0.25) is 0 Å². The van der Waals surface area contributed by atoms with Gasteiger partial charge in [0.2, 0.25) is 0 Å². The highest BCUT2D eigenvalue weighted by molar-refractivity contribution is 5.86. The van der Waals surface area contributed by atoms with Gasteiger partial charge in [0, 0.05) is 12.1 Å². The number of anilines is 2. The molecule has 0 saturated carbocycles. The van der Waals surface area contributed by atoms with Crippen LogP contribution in [0.5, 0.6) is 17.2 Å². The number of hydrogen-bond acceptors (Lipinski definition) is 5. The van der Waals surface area contributed by atoms with Gasteiger partial charge in [0.25, 0.3) is 0 Å². The second-order valence-corrected chi connectivity index (χ2v) is 6.25. The first-order chi connectivity index (χ1) is 11.7. The molecular weight excluding hydrogens is 327 g/mol. The van der Waals surface area contributed by atoms with Crippen LogP contribution in [0.1, 0.15) is 20.8 Å². The number of carbonyl (C=O) groups is 1. The van der Waals surface area contributed by atoms with E-state index in [0.717, 1.165) is 6.07 Å². The number of hydrogen-bond donors (Lipinski definition) is 2. The summed E-state index contributed by atoms with van der Waals surface area (Å²) < 4.78 is 30.1. The van der Waals surface area contributed by atoms with Crippen LogP contribution in [0.15, 0.2) is 36.4 Å². The van der Waals surface area contributed by atoms with E-state index in [1.165, 1.54) is 13.2 Å². The molecule has 0 fully saturated rings. The van der Waals surface area contributed by atoms with Gasteiger partial charge in [-0.1, -0.05) is 12.1 Å². The van der Waals surface area contributed by atoms with Crippen LogP contribution in [-0.2, 0) is 4.74 Å². The lowest BCUT2D eigenvalue weighted by Gasteiger charge is -2.20. The maximum Gasteiger partial charge on any atom is 0.412 e. The van der Waals surface area contributed by atoms with Gasteiger partial charge in [-0.2, -0.15) is 0 Å². The van der Waals surface area contributed by atoms with Crippen LogP contribution >= 0.6 is 0 Å². The molecule has 0 saturated heterocycles. The third-order valence-corrected chi connectivity index (χ3v) is 3.02. The smallest absolute Gasteiger partial charge is 0.412 e. The van der Waals surface area contributed by atoms with Crippen LogP contribution in [0.25, 0.3) is 0 Å². The average molecular weight is 348 g/mol. The first-order valence-electron chi connectivity index (χ1n) is 7.59. The fourth-order valence-corrected chi connectivity index (χ4v) is 1.99. The Morgan fingerprint density at radius 1 is 1.12 bits per heavy atom. The van der Waals surface area contributed by atoms with Gasteiger partial charge in [-0.05, 0) is 32.9 Å². The lowest BCUT2D eigenvalue weighted by Crippen LogP contribution is -2.27. The van der Waals surface area contributed by atoms with E-state index >= 15 is 0 Å². The zero-order chi connectivity index (χ0) is 18.6. The van der Waals surface area contributed by atoms with Crippen molar-refractivity contribution in [2.45, 2.75) is 26.4 Å². The number of rotatable bonds is 4. The lowest BCUT2D eigenvalue weighted by molar-refractivity contribution is 0.0635. The van der Waals surface area contributed by atoms with Crippen LogP contribution < -0.4 is 20.5 Å². The van der Waals surface area contributed by atoms with Gasteiger partial charge < -0.3 is 19.9 Å². The number of nitrogens with one attached hydrogen (secondary N) is 1. The molecule has 0 aliphatic rings. The number of halogens is 1. The van der Waals surface area contributed by atoms with Crippen LogP contribution in [0.4, 0.5) is 20.6 Å². The van der Waals surface area contributed by atoms with Crippen molar-refractivity contribution in [3.8, 4) is 17.2 Å². The monoisotopic (exact) mass is 348 g/mol. The van der Waals surface area contributed by atoms with Gasteiger partial charge in [0.15, 0.2) is 17.2 Å². The number of nitrogens with two attached hydrogens (primary N) is 1. The Labute approximate surface area is 145 Å². The number of carbonyl (C=O) groups excluding carboxylic acids is 1. The molecule has 0 spiro atoms. The standard InChI is InChI=1S/C18H21FN2O4/c1-18(2,3)25-17(22)21-13-10-16(12(20)9-11(13)19)24-15-8-6-5-7-14(15)23-4/h5-10H,20H2,1-4H3,(H,21,22). The Kier molecular flexibility index (Phi) is 5.36.